The number of hydrogen-bond acceptors (Lipinski definition) is 4. The second kappa shape index (κ2) is 5.63. The van der Waals surface area contributed by atoms with Crippen molar-refractivity contribution in [2.24, 2.45) is 11.0 Å². The van der Waals surface area contributed by atoms with Crippen LogP contribution >= 0.6 is 0 Å². The standard InChI is InChI=1S/C17H23N3O2/c1-17(2,3)22-16(21)20-10-9-14-13(11-20)15(19-18-14)12-7-5-4-6-8-12/h4-8,13-14,18H,9-11H2,1-3H3/t13-,14-/m0/s1. The van der Waals surface area contributed by atoms with Gasteiger partial charge in [-0.25, -0.2) is 4.79 Å². The molecule has 1 aromatic rings. The Bertz CT molecular complexity index is 577. The molecule has 22 heavy (non-hydrogen) atoms. The number of carbonyl (C=O) groups is 1. The summed E-state index contributed by atoms with van der Waals surface area (Å²) in [5.74, 6) is 0.226. The van der Waals surface area contributed by atoms with E-state index in [1.54, 1.807) is 4.90 Å². The molecule has 2 aliphatic rings. The maximum absolute atomic E-state index is 12.3. The Morgan fingerprint density at radius 3 is 2.73 bits per heavy atom. The highest BCUT2D eigenvalue weighted by atomic mass is 16.6. The van der Waals surface area contributed by atoms with E-state index in [0.29, 0.717) is 19.1 Å². The Morgan fingerprint density at radius 1 is 1.32 bits per heavy atom. The van der Waals surface area contributed by atoms with Crippen molar-refractivity contribution in [1.82, 2.24) is 10.3 Å². The molecule has 2 aliphatic heterocycles. The molecular formula is C17H23N3O2. The highest BCUT2D eigenvalue weighted by Gasteiger charge is 2.39. The topological polar surface area (TPSA) is 53.9 Å². The molecule has 2 heterocycles. The van der Waals surface area contributed by atoms with Crippen LogP contribution in [0.15, 0.2) is 35.4 Å². The third-order valence-corrected chi connectivity index (χ3v) is 4.04. The summed E-state index contributed by atoms with van der Waals surface area (Å²) in [6.45, 7) is 7.05. The largest absolute Gasteiger partial charge is 0.444 e. The number of carbonyl (C=O) groups excluding carboxylic acids is 1. The molecular weight excluding hydrogens is 278 g/mol. The monoisotopic (exact) mass is 301 g/mol. The first kappa shape index (κ1) is 14.9. The summed E-state index contributed by atoms with van der Waals surface area (Å²) in [4.78, 5) is 14.1. The van der Waals surface area contributed by atoms with Gasteiger partial charge < -0.3 is 15.1 Å². The summed E-state index contributed by atoms with van der Waals surface area (Å²) >= 11 is 0. The molecule has 1 fully saturated rings. The van der Waals surface area contributed by atoms with Crippen LogP contribution in [0.5, 0.6) is 0 Å². The van der Waals surface area contributed by atoms with Crippen LogP contribution in [0.1, 0.15) is 32.8 Å². The van der Waals surface area contributed by atoms with Crippen LogP contribution < -0.4 is 5.43 Å². The first-order valence-electron chi connectivity index (χ1n) is 7.80. The van der Waals surface area contributed by atoms with E-state index >= 15 is 0 Å². The summed E-state index contributed by atoms with van der Waals surface area (Å²) < 4.78 is 5.49. The Morgan fingerprint density at radius 2 is 2.05 bits per heavy atom. The van der Waals surface area contributed by atoms with Gasteiger partial charge >= 0.3 is 6.09 Å². The lowest BCUT2D eigenvalue weighted by Gasteiger charge is -2.36. The van der Waals surface area contributed by atoms with Crippen molar-refractivity contribution in [1.29, 1.82) is 0 Å². The van der Waals surface area contributed by atoms with Crippen molar-refractivity contribution in [3.8, 4) is 0 Å². The molecule has 5 heteroatoms. The van der Waals surface area contributed by atoms with E-state index < -0.39 is 5.60 Å². The van der Waals surface area contributed by atoms with Crippen molar-refractivity contribution >= 4 is 11.8 Å². The van der Waals surface area contributed by atoms with Gasteiger partial charge in [0.2, 0.25) is 0 Å². The lowest BCUT2D eigenvalue weighted by Crippen LogP contribution is -2.50. The molecule has 0 spiro atoms. The fourth-order valence-corrected chi connectivity index (χ4v) is 3.00. The van der Waals surface area contributed by atoms with E-state index in [1.165, 1.54) is 0 Å². The Hall–Kier alpha value is -2.04. The van der Waals surface area contributed by atoms with E-state index in [1.807, 2.05) is 39.0 Å². The van der Waals surface area contributed by atoms with Crippen LogP contribution in [-0.2, 0) is 4.74 Å². The highest BCUT2D eigenvalue weighted by Crippen LogP contribution is 2.27. The van der Waals surface area contributed by atoms with Crippen LogP contribution in [0, 0.1) is 5.92 Å². The Kier molecular flexibility index (Phi) is 3.81. The highest BCUT2D eigenvalue weighted by molar-refractivity contribution is 6.03. The maximum atomic E-state index is 12.3. The second-order valence-electron chi connectivity index (χ2n) is 6.92. The number of benzene rings is 1. The number of likely N-dealkylation sites (tertiary alicyclic amines) is 1. The molecule has 2 atom stereocenters. The fourth-order valence-electron chi connectivity index (χ4n) is 3.00. The van der Waals surface area contributed by atoms with E-state index in [0.717, 1.165) is 17.7 Å². The predicted octanol–water partition coefficient (Wildman–Crippen LogP) is 2.62. The average Bonchev–Trinajstić information content (AvgIpc) is 2.89. The lowest BCUT2D eigenvalue weighted by atomic mass is 9.87. The van der Waals surface area contributed by atoms with Crippen LogP contribution in [0.4, 0.5) is 4.79 Å². The van der Waals surface area contributed by atoms with E-state index in [9.17, 15) is 4.79 Å². The quantitative estimate of drug-likeness (QED) is 0.867. The van der Waals surface area contributed by atoms with Crippen molar-refractivity contribution in [2.75, 3.05) is 13.1 Å². The molecule has 0 aliphatic carbocycles. The normalized spacial score (nSPS) is 24.3. The molecule has 5 nitrogen and oxygen atoms in total. The zero-order valence-corrected chi connectivity index (χ0v) is 13.4. The summed E-state index contributed by atoms with van der Waals surface area (Å²) in [6.07, 6.45) is 0.661. The summed E-state index contributed by atoms with van der Waals surface area (Å²) in [6, 6.07) is 10.5. The van der Waals surface area contributed by atoms with Gasteiger partial charge in [-0.3, -0.25) is 0 Å². The van der Waals surface area contributed by atoms with Gasteiger partial charge in [0.1, 0.15) is 5.60 Å². The minimum absolute atomic E-state index is 0.226. The van der Waals surface area contributed by atoms with Gasteiger partial charge in [0, 0.05) is 19.0 Å². The average molecular weight is 301 g/mol. The Labute approximate surface area is 131 Å². The number of nitrogens with one attached hydrogen (secondary N) is 1. The second-order valence-corrected chi connectivity index (χ2v) is 6.92. The number of hydrazone groups is 1. The number of hydrogen-bond donors (Lipinski definition) is 1. The molecule has 1 saturated heterocycles. The summed E-state index contributed by atoms with van der Waals surface area (Å²) in [5, 5.41) is 4.51. The van der Waals surface area contributed by atoms with Crippen LogP contribution in [0.25, 0.3) is 0 Å². The number of ether oxygens (including phenoxy) is 1. The Balaban J connectivity index is 1.72. The summed E-state index contributed by atoms with van der Waals surface area (Å²) in [7, 11) is 0. The number of piperidine rings is 1. The molecule has 0 unspecified atom stereocenters. The SMILES string of the molecule is CC(C)(C)OC(=O)N1CC[C@@H]2NN=C(c3ccccc3)[C@H]2C1. The number of fused-ring (bicyclic) bond motifs is 1. The van der Waals surface area contributed by atoms with E-state index in [4.69, 9.17) is 4.74 Å². The first-order chi connectivity index (χ1) is 10.4. The van der Waals surface area contributed by atoms with Gasteiger partial charge in [0.25, 0.3) is 0 Å². The number of nitrogens with zero attached hydrogens (tertiary/aromatic N) is 2. The van der Waals surface area contributed by atoms with Crippen molar-refractivity contribution in [2.45, 2.75) is 38.8 Å². The van der Waals surface area contributed by atoms with Crippen LogP contribution in [0.3, 0.4) is 0 Å². The minimum atomic E-state index is -0.460. The smallest absolute Gasteiger partial charge is 0.410 e. The van der Waals surface area contributed by atoms with Crippen LogP contribution in [0.2, 0.25) is 0 Å². The zero-order chi connectivity index (χ0) is 15.7. The zero-order valence-electron chi connectivity index (χ0n) is 13.4. The number of rotatable bonds is 1. The third kappa shape index (κ3) is 3.08. The van der Waals surface area contributed by atoms with Gasteiger partial charge in [-0.05, 0) is 32.8 Å². The molecule has 1 aromatic carbocycles. The van der Waals surface area contributed by atoms with Crippen molar-refractivity contribution in [3.05, 3.63) is 35.9 Å². The van der Waals surface area contributed by atoms with Gasteiger partial charge in [-0.1, -0.05) is 30.3 Å². The third-order valence-electron chi connectivity index (χ3n) is 4.04. The molecule has 0 saturated carbocycles. The van der Waals surface area contributed by atoms with Gasteiger partial charge in [0.15, 0.2) is 0 Å². The first-order valence-corrected chi connectivity index (χ1v) is 7.80. The molecule has 1 amide bonds. The van der Waals surface area contributed by atoms with Gasteiger partial charge in [-0.2, -0.15) is 5.10 Å². The van der Waals surface area contributed by atoms with Crippen molar-refractivity contribution < 1.29 is 9.53 Å². The molecule has 1 N–H and O–H groups in total. The van der Waals surface area contributed by atoms with Gasteiger partial charge in [-0.15, -0.1) is 0 Å². The van der Waals surface area contributed by atoms with Gasteiger partial charge in [0.05, 0.1) is 11.8 Å². The molecule has 3 rings (SSSR count). The predicted molar refractivity (Wildman–Crippen MR) is 85.8 cm³/mol. The molecule has 0 aromatic heterocycles. The van der Waals surface area contributed by atoms with Crippen LogP contribution in [-0.4, -0.2) is 41.4 Å². The van der Waals surface area contributed by atoms with E-state index in [-0.39, 0.29) is 12.0 Å². The molecule has 0 bridgehead atoms. The maximum Gasteiger partial charge on any atom is 0.410 e. The fraction of sp³-hybridized carbons (Fsp3) is 0.529. The lowest BCUT2D eigenvalue weighted by molar-refractivity contribution is 0.0178. The summed E-state index contributed by atoms with van der Waals surface area (Å²) in [5.41, 5.74) is 4.92. The molecule has 0 radical (unpaired) electrons. The van der Waals surface area contributed by atoms with Crippen molar-refractivity contribution in [3.63, 3.8) is 0 Å². The number of amides is 1. The minimum Gasteiger partial charge on any atom is -0.444 e. The van der Waals surface area contributed by atoms with E-state index in [2.05, 4.69) is 22.7 Å². The molecule has 118 valence electrons.